The standard InChI is InChI=1S/C55H64N4O11S/c1-10-19-65-49-32(3)50-52(69-30-68-50)46-38(49)24-42-47-45-33(22-31(2)48(63-9)51(45)67-29-64-21-20-62-8)23-41(58(47)7)43(25-56)59(42)44(46)26-66-53(60)40(57-54(61)70-55(4,5)6)28-71-27-39-36-17-13-11-15-34(36)35-16-12-14-18-37(35)39/h10-18,22,39-44,47H,1,19-21,23-24,26-30H2,2-9H3,(H,57,61)/t40-,41+,42?,43+,44+,47+/m1/s1. The van der Waals surface area contributed by atoms with Crippen LogP contribution >= 0.6 is 11.8 Å². The number of fused-ring (bicyclic) bond motifs is 12. The van der Waals surface area contributed by atoms with E-state index in [1.807, 2.05) is 13.8 Å². The predicted molar refractivity (Wildman–Crippen MR) is 269 cm³/mol. The maximum Gasteiger partial charge on any atom is 0.408 e. The summed E-state index contributed by atoms with van der Waals surface area (Å²) in [5.74, 6) is 3.17. The van der Waals surface area contributed by atoms with Crippen LogP contribution < -0.4 is 29.0 Å². The molecule has 1 N–H and O–H groups in total. The Morgan fingerprint density at radius 3 is 2.35 bits per heavy atom. The fraction of sp³-hybridized carbons (Fsp3) is 0.473. The summed E-state index contributed by atoms with van der Waals surface area (Å²) in [6, 6.07) is 18.2. The lowest BCUT2D eigenvalue weighted by atomic mass is 9.71. The summed E-state index contributed by atoms with van der Waals surface area (Å²) < 4.78 is 54.9. The van der Waals surface area contributed by atoms with Crippen molar-refractivity contribution in [3.8, 4) is 45.9 Å². The molecule has 4 aromatic carbocycles. The number of piperazine rings is 1. The smallest absolute Gasteiger partial charge is 0.408 e. The summed E-state index contributed by atoms with van der Waals surface area (Å²) in [4.78, 5) is 32.8. The van der Waals surface area contributed by atoms with E-state index in [0.29, 0.717) is 60.6 Å². The molecule has 376 valence electrons. The number of esters is 1. The number of nitrogens with zero attached hydrogens (tertiary/aromatic N) is 3. The van der Waals surface area contributed by atoms with Gasteiger partial charge < -0.3 is 47.9 Å². The summed E-state index contributed by atoms with van der Waals surface area (Å²) >= 11 is 1.56. The SMILES string of the molecule is C=CCOc1c(C)c2c(c3c1CC1[C@H]4c5c(cc(C)c(OC)c5OCOCCOC)C[C@@H]([C@H](C#N)N1[C@H]3COC(=O)[C@@H](CSCC1c3ccccc3-c3ccccc31)NC(=O)OC(C)(C)C)N4C)OCO2. The molecule has 1 saturated heterocycles. The van der Waals surface area contributed by atoms with E-state index in [-0.39, 0.29) is 50.6 Å². The number of carbonyl (C=O) groups excluding carboxylic acids is 2. The predicted octanol–water partition coefficient (Wildman–Crippen LogP) is 8.36. The molecule has 9 rings (SSSR count). The molecule has 1 fully saturated rings. The number of aryl methyl sites for hydroxylation is 1. The number of likely N-dealkylation sites (N-methyl/N-ethyl adjacent to an activating group) is 1. The van der Waals surface area contributed by atoms with Crippen molar-refractivity contribution >= 4 is 23.8 Å². The number of thioether (sulfide) groups is 1. The zero-order valence-corrected chi connectivity index (χ0v) is 42.7. The second-order valence-electron chi connectivity index (χ2n) is 19.6. The molecular formula is C55H64N4O11S. The lowest BCUT2D eigenvalue weighted by Crippen LogP contribution is -2.68. The van der Waals surface area contributed by atoms with Crippen molar-refractivity contribution in [2.45, 2.75) is 95.2 Å². The molecule has 1 unspecified atom stereocenters. The fourth-order valence-corrected chi connectivity index (χ4v) is 12.6. The minimum absolute atomic E-state index is 0.0200. The Labute approximate surface area is 420 Å². The molecular weight excluding hydrogens is 925 g/mol. The zero-order valence-electron chi connectivity index (χ0n) is 41.8. The molecule has 15 nitrogen and oxygen atoms in total. The van der Waals surface area contributed by atoms with Crippen molar-refractivity contribution < 1.29 is 52.2 Å². The van der Waals surface area contributed by atoms with Crippen molar-refractivity contribution in [2.75, 3.05) is 72.8 Å². The molecule has 1 aliphatic carbocycles. The van der Waals surface area contributed by atoms with Crippen LogP contribution in [0.2, 0.25) is 0 Å². The third kappa shape index (κ3) is 9.50. The van der Waals surface area contributed by atoms with E-state index in [4.69, 9.17) is 42.6 Å². The largest absolute Gasteiger partial charge is 0.493 e. The van der Waals surface area contributed by atoms with Crippen LogP contribution in [-0.2, 0) is 36.6 Å². The monoisotopic (exact) mass is 988 g/mol. The third-order valence-corrected chi connectivity index (χ3v) is 15.3. The number of amides is 1. The normalized spacial score (nSPS) is 21.1. The van der Waals surface area contributed by atoms with Gasteiger partial charge in [-0.1, -0.05) is 67.3 Å². The van der Waals surface area contributed by atoms with Crippen LogP contribution in [-0.4, -0.2) is 124 Å². The molecule has 16 heteroatoms. The van der Waals surface area contributed by atoms with Crippen molar-refractivity contribution in [2.24, 2.45) is 0 Å². The molecule has 0 aromatic heterocycles. The highest BCUT2D eigenvalue weighted by Crippen LogP contribution is 2.59. The van der Waals surface area contributed by atoms with Crippen molar-refractivity contribution in [1.82, 2.24) is 15.1 Å². The number of hydrogen-bond donors (Lipinski definition) is 1. The molecule has 4 heterocycles. The van der Waals surface area contributed by atoms with Gasteiger partial charge in [0.05, 0.1) is 38.5 Å². The number of rotatable bonds is 18. The Hall–Kier alpha value is -5.96. The second-order valence-corrected chi connectivity index (χ2v) is 20.7. The molecule has 0 saturated carbocycles. The number of alkyl carbamates (subject to hydrolysis) is 1. The minimum atomic E-state index is -1.08. The van der Waals surface area contributed by atoms with Gasteiger partial charge in [0.15, 0.2) is 29.8 Å². The molecule has 1 amide bonds. The average molecular weight is 989 g/mol. The van der Waals surface area contributed by atoms with E-state index in [1.54, 1.807) is 52.8 Å². The summed E-state index contributed by atoms with van der Waals surface area (Å²) in [5.41, 5.74) is 9.29. The molecule has 4 aromatic rings. The average Bonchev–Trinajstić information content (AvgIpc) is 3.96. The van der Waals surface area contributed by atoms with Gasteiger partial charge in [0, 0.05) is 58.9 Å². The van der Waals surface area contributed by atoms with Crippen molar-refractivity contribution in [3.63, 3.8) is 0 Å². The number of methoxy groups -OCH3 is 2. The van der Waals surface area contributed by atoms with Crippen LogP contribution in [0, 0.1) is 25.2 Å². The number of hydrogen-bond acceptors (Lipinski definition) is 15. The van der Waals surface area contributed by atoms with E-state index in [1.165, 1.54) is 22.3 Å². The zero-order chi connectivity index (χ0) is 50.1. The first-order chi connectivity index (χ1) is 34.3. The lowest BCUT2D eigenvalue weighted by Gasteiger charge is -2.60. The first kappa shape index (κ1) is 50.0. The van der Waals surface area contributed by atoms with Crippen LogP contribution in [0.3, 0.4) is 0 Å². The highest BCUT2D eigenvalue weighted by molar-refractivity contribution is 7.99. The maximum absolute atomic E-state index is 14.8. The Morgan fingerprint density at radius 2 is 1.68 bits per heavy atom. The van der Waals surface area contributed by atoms with Crippen molar-refractivity contribution in [1.29, 1.82) is 5.26 Å². The van der Waals surface area contributed by atoms with Gasteiger partial charge in [-0.2, -0.15) is 17.0 Å². The number of nitriles is 1. The Kier molecular flexibility index (Phi) is 14.8. The van der Waals surface area contributed by atoms with Crippen molar-refractivity contribution in [3.05, 3.63) is 112 Å². The van der Waals surface area contributed by atoms with Gasteiger partial charge in [0.2, 0.25) is 6.79 Å². The maximum atomic E-state index is 14.8. The van der Waals surface area contributed by atoms with E-state index in [0.717, 1.165) is 33.4 Å². The van der Waals surface area contributed by atoms with E-state index >= 15 is 0 Å². The van der Waals surface area contributed by atoms with E-state index in [9.17, 15) is 14.9 Å². The van der Waals surface area contributed by atoms with Gasteiger partial charge in [-0.15, -0.1) is 0 Å². The summed E-state index contributed by atoms with van der Waals surface area (Å²) in [5, 5.41) is 14.2. The Balaban J connectivity index is 1.09. The first-order valence-corrected chi connectivity index (χ1v) is 25.3. The van der Waals surface area contributed by atoms with Crippen LogP contribution in [0.15, 0.2) is 67.3 Å². The molecule has 5 aliphatic rings. The summed E-state index contributed by atoms with van der Waals surface area (Å²) in [6.07, 6.45) is 1.92. The molecule has 4 aliphatic heterocycles. The number of ether oxygens (including phenoxy) is 9. The van der Waals surface area contributed by atoms with Crippen LogP contribution in [0.5, 0.6) is 28.7 Å². The first-order valence-electron chi connectivity index (χ1n) is 24.2. The van der Waals surface area contributed by atoms with Gasteiger partial charge in [-0.25, -0.2) is 9.59 Å². The topological polar surface area (TPSA) is 160 Å². The second kappa shape index (κ2) is 21.0. The van der Waals surface area contributed by atoms with Gasteiger partial charge >= 0.3 is 12.1 Å². The molecule has 0 spiro atoms. The van der Waals surface area contributed by atoms with E-state index < -0.39 is 41.8 Å². The molecule has 71 heavy (non-hydrogen) atoms. The van der Waals surface area contributed by atoms with Crippen LogP contribution in [0.4, 0.5) is 4.79 Å². The lowest BCUT2D eigenvalue weighted by molar-refractivity contribution is -0.151. The van der Waals surface area contributed by atoms with Gasteiger partial charge in [0.25, 0.3) is 0 Å². The Bertz CT molecular complexity index is 2670. The van der Waals surface area contributed by atoms with E-state index in [2.05, 4.69) is 89.4 Å². The van der Waals surface area contributed by atoms with Crippen LogP contribution in [0.1, 0.15) is 83.3 Å². The Morgan fingerprint density at radius 1 is 0.958 bits per heavy atom. The van der Waals surface area contributed by atoms with Gasteiger partial charge in [-0.05, 0) is 87.9 Å². The number of nitrogens with one attached hydrogen (secondary N) is 1. The fourth-order valence-electron chi connectivity index (χ4n) is 11.4. The molecule has 0 radical (unpaired) electrons. The van der Waals surface area contributed by atoms with Gasteiger partial charge in [0.1, 0.15) is 36.6 Å². The quantitative estimate of drug-likeness (QED) is 0.0438. The molecule has 2 bridgehead atoms. The highest BCUT2D eigenvalue weighted by atomic mass is 32.2. The van der Waals surface area contributed by atoms with Gasteiger partial charge in [-0.3, -0.25) is 9.80 Å². The number of benzene rings is 4. The number of carbonyl (C=O) groups is 2. The van der Waals surface area contributed by atoms with Crippen LogP contribution in [0.25, 0.3) is 11.1 Å². The third-order valence-electron chi connectivity index (χ3n) is 14.2. The summed E-state index contributed by atoms with van der Waals surface area (Å²) in [7, 11) is 5.31. The highest BCUT2D eigenvalue weighted by Gasteiger charge is 2.57. The summed E-state index contributed by atoms with van der Waals surface area (Å²) in [6.45, 7) is 13.9. The minimum Gasteiger partial charge on any atom is -0.493 e. The molecule has 6 atom stereocenters.